The maximum Gasteiger partial charge on any atom is 0.387 e. The van der Waals surface area contributed by atoms with E-state index in [-0.39, 0.29) is 28.0 Å². The van der Waals surface area contributed by atoms with Gasteiger partial charge in [0.25, 0.3) is 0 Å². The lowest BCUT2D eigenvalue weighted by Gasteiger charge is -2.21. The highest BCUT2D eigenvalue weighted by atomic mass is 35.5. The molecule has 6 nitrogen and oxygen atoms in total. The molecule has 0 saturated heterocycles. The van der Waals surface area contributed by atoms with Gasteiger partial charge in [-0.1, -0.05) is 29.3 Å². The molecule has 0 bridgehead atoms. The number of aliphatic hydroxyl groups excluding tert-OH is 1. The average Bonchev–Trinajstić information content (AvgIpc) is 3.53. The van der Waals surface area contributed by atoms with E-state index in [0.29, 0.717) is 23.7 Å². The Morgan fingerprint density at radius 3 is 2.50 bits per heavy atom. The van der Waals surface area contributed by atoms with Crippen LogP contribution >= 0.6 is 23.2 Å². The van der Waals surface area contributed by atoms with Crippen LogP contribution in [-0.4, -0.2) is 35.9 Å². The Hall–Kier alpha value is -2.16. The molecule has 1 atom stereocenters. The zero-order valence-corrected chi connectivity index (χ0v) is 17.2. The Balaban J connectivity index is 1.92. The maximum atomic E-state index is 12.8. The zero-order valence-electron chi connectivity index (χ0n) is 15.7. The molecule has 1 saturated carbocycles. The van der Waals surface area contributed by atoms with Crippen LogP contribution in [0.1, 0.15) is 30.1 Å². The Labute approximate surface area is 181 Å². The van der Waals surface area contributed by atoms with E-state index in [1.165, 1.54) is 30.6 Å². The van der Waals surface area contributed by atoms with Crippen LogP contribution in [0.2, 0.25) is 10.0 Å². The fourth-order valence-corrected chi connectivity index (χ4v) is 3.28. The fraction of sp³-hybridized carbons (Fsp3) is 0.400. The third-order valence-corrected chi connectivity index (χ3v) is 5.12. The smallest absolute Gasteiger partial charge is 0.387 e. The summed E-state index contributed by atoms with van der Waals surface area (Å²) in [7, 11) is 0. The third-order valence-electron chi connectivity index (χ3n) is 4.47. The zero-order chi connectivity index (χ0) is 21.7. The molecule has 1 aliphatic carbocycles. The first kappa shape index (κ1) is 22.5. The molecule has 1 unspecified atom stereocenters. The van der Waals surface area contributed by atoms with Crippen molar-refractivity contribution < 1.29 is 32.9 Å². The van der Waals surface area contributed by atoms with Gasteiger partial charge in [0, 0.05) is 18.8 Å². The number of benzene rings is 1. The van der Waals surface area contributed by atoms with E-state index in [9.17, 15) is 13.6 Å². The molecule has 162 valence electrons. The van der Waals surface area contributed by atoms with Gasteiger partial charge < -0.3 is 19.3 Å². The standard InChI is InChI=1S/C20H19Cl2F2NO5/c21-14-7-25-8-15(22)13(14)6-17(29-19(27)9-26)12-3-4-16(30-20(23)24)18(5-12)28-10-11-1-2-11/h3-5,7-8,11,17,20,26H,1-2,6,9-10H2. The van der Waals surface area contributed by atoms with Crippen LogP contribution in [-0.2, 0) is 16.0 Å². The predicted octanol–water partition coefficient (Wildman–Crippen LogP) is 4.60. The van der Waals surface area contributed by atoms with Crippen molar-refractivity contribution in [3.05, 3.63) is 51.8 Å². The van der Waals surface area contributed by atoms with E-state index in [1.807, 2.05) is 0 Å². The molecule has 1 aromatic heterocycles. The van der Waals surface area contributed by atoms with Crippen molar-refractivity contribution in [1.82, 2.24) is 4.98 Å². The Kier molecular flexibility index (Phi) is 7.69. The summed E-state index contributed by atoms with van der Waals surface area (Å²) in [6.45, 7) is -3.48. The molecule has 1 aliphatic rings. The summed E-state index contributed by atoms with van der Waals surface area (Å²) in [6, 6.07) is 4.26. The highest BCUT2D eigenvalue weighted by molar-refractivity contribution is 6.35. The van der Waals surface area contributed by atoms with Crippen molar-refractivity contribution >= 4 is 29.2 Å². The van der Waals surface area contributed by atoms with Crippen molar-refractivity contribution in [2.75, 3.05) is 13.2 Å². The third kappa shape index (κ3) is 6.17. The first-order valence-corrected chi connectivity index (χ1v) is 9.92. The lowest BCUT2D eigenvalue weighted by molar-refractivity contribution is -0.152. The Morgan fingerprint density at radius 1 is 1.20 bits per heavy atom. The molecule has 2 aromatic rings. The number of carbonyl (C=O) groups is 1. The second kappa shape index (κ2) is 10.2. The summed E-state index contributed by atoms with van der Waals surface area (Å²) in [5.74, 6) is -0.501. The van der Waals surface area contributed by atoms with E-state index in [4.69, 9.17) is 37.8 Å². The van der Waals surface area contributed by atoms with Crippen molar-refractivity contribution in [1.29, 1.82) is 0 Å². The number of rotatable bonds is 10. The molecule has 3 rings (SSSR count). The van der Waals surface area contributed by atoms with Crippen molar-refractivity contribution in [3.8, 4) is 11.5 Å². The van der Waals surface area contributed by atoms with Gasteiger partial charge in [-0.25, -0.2) is 4.79 Å². The number of esters is 1. The number of pyridine rings is 1. The van der Waals surface area contributed by atoms with E-state index >= 15 is 0 Å². The van der Waals surface area contributed by atoms with Crippen molar-refractivity contribution in [2.24, 2.45) is 5.92 Å². The van der Waals surface area contributed by atoms with Gasteiger partial charge in [-0.2, -0.15) is 8.78 Å². The summed E-state index contributed by atoms with van der Waals surface area (Å²) < 4.78 is 41.1. The minimum atomic E-state index is -3.02. The van der Waals surface area contributed by atoms with Gasteiger partial charge in [0.1, 0.15) is 12.7 Å². The Morgan fingerprint density at radius 2 is 1.90 bits per heavy atom. The molecular formula is C20H19Cl2F2NO5. The molecule has 1 N–H and O–H groups in total. The van der Waals surface area contributed by atoms with Gasteiger partial charge in [0.2, 0.25) is 0 Å². The largest absolute Gasteiger partial charge is 0.489 e. The summed E-state index contributed by atoms with van der Waals surface area (Å²) in [4.78, 5) is 15.7. The minimum Gasteiger partial charge on any atom is -0.489 e. The molecule has 1 aromatic carbocycles. The normalized spacial score (nSPS) is 14.5. The number of hydrogen-bond donors (Lipinski definition) is 1. The number of carbonyl (C=O) groups excluding carboxylic acids is 1. The number of aromatic nitrogens is 1. The average molecular weight is 462 g/mol. The number of nitrogens with zero attached hydrogens (tertiary/aromatic N) is 1. The van der Waals surface area contributed by atoms with Crippen LogP contribution in [0.15, 0.2) is 30.6 Å². The first-order chi connectivity index (χ1) is 14.4. The van der Waals surface area contributed by atoms with Gasteiger partial charge in [0.15, 0.2) is 11.5 Å². The molecule has 0 radical (unpaired) electrons. The second-order valence-electron chi connectivity index (χ2n) is 6.76. The van der Waals surface area contributed by atoms with Crippen molar-refractivity contribution in [3.63, 3.8) is 0 Å². The Bertz CT molecular complexity index is 875. The van der Waals surface area contributed by atoms with Crippen molar-refractivity contribution in [2.45, 2.75) is 32.0 Å². The highest BCUT2D eigenvalue weighted by Gasteiger charge is 2.25. The van der Waals surface area contributed by atoms with Gasteiger partial charge in [-0.3, -0.25) is 4.98 Å². The molecule has 10 heteroatoms. The quantitative estimate of drug-likeness (QED) is 0.521. The SMILES string of the molecule is O=C(CO)OC(Cc1c(Cl)cncc1Cl)c1ccc(OC(F)F)c(OCC2CC2)c1. The predicted molar refractivity (Wildman–Crippen MR) is 105 cm³/mol. The van der Waals surface area contributed by atoms with Gasteiger partial charge in [-0.15, -0.1) is 0 Å². The summed E-state index contributed by atoms with van der Waals surface area (Å²) in [5, 5.41) is 9.64. The van der Waals surface area contributed by atoms with Crippen LogP contribution in [0.5, 0.6) is 11.5 Å². The fourth-order valence-electron chi connectivity index (χ4n) is 2.77. The number of halogens is 4. The first-order valence-electron chi connectivity index (χ1n) is 9.17. The van der Waals surface area contributed by atoms with E-state index in [2.05, 4.69) is 9.72 Å². The van der Waals surface area contributed by atoms with E-state index < -0.39 is 25.3 Å². The number of hydrogen-bond acceptors (Lipinski definition) is 6. The highest BCUT2D eigenvalue weighted by Crippen LogP contribution is 2.37. The van der Waals surface area contributed by atoms with Crippen LogP contribution in [0.4, 0.5) is 8.78 Å². The molecule has 0 spiro atoms. The molecule has 0 amide bonds. The van der Waals surface area contributed by atoms with Gasteiger partial charge in [0.05, 0.1) is 16.7 Å². The molecule has 0 aliphatic heterocycles. The van der Waals surface area contributed by atoms with Gasteiger partial charge in [-0.05, 0) is 42.0 Å². The van der Waals surface area contributed by atoms with Gasteiger partial charge >= 0.3 is 12.6 Å². The minimum absolute atomic E-state index is 0.0725. The van der Waals surface area contributed by atoms with E-state index in [0.717, 1.165) is 12.8 Å². The van der Waals surface area contributed by atoms with E-state index in [1.54, 1.807) is 0 Å². The summed E-state index contributed by atoms with van der Waals surface area (Å²) >= 11 is 12.3. The topological polar surface area (TPSA) is 77.9 Å². The lowest BCUT2D eigenvalue weighted by Crippen LogP contribution is -2.17. The molecule has 1 fully saturated rings. The number of ether oxygens (including phenoxy) is 3. The number of alkyl halides is 2. The summed E-state index contributed by atoms with van der Waals surface area (Å²) in [5.41, 5.74) is 0.922. The monoisotopic (exact) mass is 461 g/mol. The molecule has 30 heavy (non-hydrogen) atoms. The van der Waals surface area contributed by atoms with Crippen LogP contribution in [0.25, 0.3) is 0 Å². The number of aliphatic hydroxyl groups is 1. The van der Waals surface area contributed by atoms with Crippen LogP contribution < -0.4 is 9.47 Å². The van der Waals surface area contributed by atoms with Crippen LogP contribution in [0, 0.1) is 5.92 Å². The maximum absolute atomic E-state index is 12.8. The molecule has 1 heterocycles. The molecular weight excluding hydrogens is 443 g/mol. The summed E-state index contributed by atoms with van der Waals surface area (Å²) in [6.07, 6.45) is 3.99. The second-order valence-corrected chi connectivity index (χ2v) is 7.58. The lowest BCUT2D eigenvalue weighted by atomic mass is 10.0. The van der Waals surface area contributed by atoms with Crippen LogP contribution in [0.3, 0.4) is 0 Å².